The predicted octanol–water partition coefficient (Wildman–Crippen LogP) is 1.28. The zero-order chi connectivity index (χ0) is 16.2. The molecule has 1 aliphatic carbocycles. The number of likely N-dealkylation sites (tertiary alicyclic amines) is 1. The average molecular weight is 322 g/mol. The Morgan fingerprint density at radius 1 is 1.43 bits per heavy atom. The summed E-state index contributed by atoms with van der Waals surface area (Å²) in [5, 5.41) is 7.11. The van der Waals surface area contributed by atoms with Gasteiger partial charge < -0.3 is 14.6 Å². The van der Waals surface area contributed by atoms with Gasteiger partial charge in [-0.1, -0.05) is 5.16 Å². The van der Waals surface area contributed by atoms with Gasteiger partial charge in [0.1, 0.15) is 0 Å². The first-order chi connectivity index (χ1) is 11.2. The monoisotopic (exact) mass is 322 g/mol. The fourth-order valence-electron chi connectivity index (χ4n) is 3.13. The lowest BCUT2D eigenvalue weighted by Gasteiger charge is -2.30. The van der Waals surface area contributed by atoms with E-state index < -0.39 is 0 Å². The number of amides is 1. The highest BCUT2D eigenvalue weighted by Gasteiger charge is 2.32. The molecule has 1 saturated carbocycles. The van der Waals surface area contributed by atoms with Gasteiger partial charge in [0.2, 0.25) is 11.8 Å². The Labute approximate surface area is 136 Å². The van der Waals surface area contributed by atoms with Crippen LogP contribution in [-0.2, 0) is 9.53 Å². The summed E-state index contributed by atoms with van der Waals surface area (Å²) in [4.78, 5) is 18.8. The van der Waals surface area contributed by atoms with Crippen LogP contribution in [0.4, 0.5) is 0 Å². The number of hydrogen-bond donors (Lipinski definition) is 1. The maximum atomic E-state index is 12.1. The first kappa shape index (κ1) is 16.4. The van der Waals surface area contributed by atoms with E-state index in [0.717, 1.165) is 50.5 Å². The highest BCUT2D eigenvalue weighted by atomic mass is 16.5. The fourth-order valence-corrected chi connectivity index (χ4v) is 3.13. The van der Waals surface area contributed by atoms with E-state index in [9.17, 15) is 4.79 Å². The number of nitrogens with one attached hydrogen (secondary N) is 1. The highest BCUT2D eigenvalue weighted by molar-refractivity contribution is 5.78. The molecule has 0 unspecified atom stereocenters. The van der Waals surface area contributed by atoms with Crippen molar-refractivity contribution in [3.8, 4) is 0 Å². The molecule has 1 N–H and O–H groups in total. The summed E-state index contributed by atoms with van der Waals surface area (Å²) in [5.41, 5.74) is 0. The summed E-state index contributed by atoms with van der Waals surface area (Å²) in [7, 11) is 1.64. The molecular weight excluding hydrogens is 296 g/mol. The van der Waals surface area contributed by atoms with Crippen molar-refractivity contribution in [3.05, 3.63) is 11.7 Å². The standard InChI is InChI=1S/C16H26N4O3/c1-11(10-22-2)17-14(21)9-20-7-3-4-13(8-20)15-18-16(23-19-15)12-5-6-12/h11-13H,3-10H2,1-2H3,(H,17,21)/t11-,13-/m0/s1. The lowest BCUT2D eigenvalue weighted by molar-refractivity contribution is -0.123. The second kappa shape index (κ2) is 7.40. The Morgan fingerprint density at radius 3 is 3.00 bits per heavy atom. The van der Waals surface area contributed by atoms with Gasteiger partial charge in [0, 0.05) is 31.5 Å². The molecule has 2 atom stereocenters. The van der Waals surface area contributed by atoms with Gasteiger partial charge in [-0.15, -0.1) is 0 Å². The molecule has 2 heterocycles. The van der Waals surface area contributed by atoms with E-state index in [-0.39, 0.29) is 17.9 Å². The molecule has 0 bridgehead atoms. The third-order valence-electron chi connectivity index (χ3n) is 4.45. The van der Waals surface area contributed by atoms with Crippen molar-refractivity contribution in [1.82, 2.24) is 20.4 Å². The summed E-state index contributed by atoms with van der Waals surface area (Å²) in [6, 6.07) is 0.0337. The van der Waals surface area contributed by atoms with Crippen LogP contribution in [0.5, 0.6) is 0 Å². The minimum Gasteiger partial charge on any atom is -0.383 e. The van der Waals surface area contributed by atoms with Crippen LogP contribution in [-0.4, -0.2) is 60.3 Å². The van der Waals surface area contributed by atoms with Gasteiger partial charge in [0.25, 0.3) is 0 Å². The zero-order valence-corrected chi connectivity index (χ0v) is 14.0. The van der Waals surface area contributed by atoms with Gasteiger partial charge in [-0.05, 0) is 39.2 Å². The molecule has 1 aliphatic heterocycles. The molecule has 0 radical (unpaired) electrons. The predicted molar refractivity (Wildman–Crippen MR) is 84.2 cm³/mol. The van der Waals surface area contributed by atoms with Crippen LogP contribution in [0.1, 0.15) is 56.2 Å². The maximum Gasteiger partial charge on any atom is 0.234 e. The van der Waals surface area contributed by atoms with Crippen molar-refractivity contribution in [2.24, 2.45) is 0 Å². The molecule has 0 spiro atoms. The normalized spacial score (nSPS) is 23.7. The molecule has 7 heteroatoms. The zero-order valence-electron chi connectivity index (χ0n) is 14.0. The van der Waals surface area contributed by atoms with Crippen LogP contribution in [0.15, 0.2) is 4.52 Å². The second-order valence-corrected chi connectivity index (χ2v) is 6.76. The van der Waals surface area contributed by atoms with Crippen LogP contribution in [0, 0.1) is 0 Å². The highest BCUT2D eigenvalue weighted by Crippen LogP contribution is 2.39. The van der Waals surface area contributed by atoms with Crippen molar-refractivity contribution in [3.63, 3.8) is 0 Å². The average Bonchev–Trinajstić information content (AvgIpc) is 3.25. The number of ether oxygens (including phenoxy) is 1. The van der Waals surface area contributed by atoms with Crippen molar-refractivity contribution in [2.75, 3.05) is 33.4 Å². The summed E-state index contributed by atoms with van der Waals surface area (Å²) in [5.74, 6) is 2.41. The number of carbonyl (C=O) groups excluding carboxylic acids is 1. The molecule has 2 aliphatic rings. The van der Waals surface area contributed by atoms with Crippen molar-refractivity contribution >= 4 is 5.91 Å². The van der Waals surface area contributed by atoms with Crippen molar-refractivity contribution < 1.29 is 14.1 Å². The van der Waals surface area contributed by atoms with E-state index >= 15 is 0 Å². The summed E-state index contributed by atoms with van der Waals surface area (Å²) < 4.78 is 10.4. The van der Waals surface area contributed by atoms with E-state index in [1.807, 2.05) is 6.92 Å². The topological polar surface area (TPSA) is 80.5 Å². The molecule has 3 rings (SSSR count). The van der Waals surface area contributed by atoms with Gasteiger partial charge in [0.05, 0.1) is 13.2 Å². The van der Waals surface area contributed by atoms with Crippen LogP contribution < -0.4 is 5.32 Å². The first-order valence-electron chi connectivity index (χ1n) is 8.50. The summed E-state index contributed by atoms with van der Waals surface area (Å²) in [6.45, 7) is 4.64. The number of rotatable bonds is 7. The Hall–Kier alpha value is -1.47. The molecule has 1 saturated heterocycles. The van der Waals surface area contributed by atoms with Gasteiger partial charge in [-0.2, -0.15) is 4.98 Å². The fraction of sp³-hybridized carbons (Fsp3) is 0.812. The van der Waals surface area contributed by atoms with E-state index in [1.54, 1.807) is 7.11 Å². The van der Waals surface area contributed by atoms with E-state index in [1.165, 1.54) is 0 Å². The molecule has 0 aromatic carbocycles. The Balaban J connectivity index is 1.50. The maximum absolute atomic E-state index is 12.1. The quantitative estimate of drug-likeness (QED) is 0.814. The number of nitrogens with zero attached hydrogens (tertiary/aromatic N) is 3. The van der Waals surface area contributed by atoms with Gasteiger partial charge in [0.15, 0.2) is 5.82 Å². The van der Waals surface area contributed by atoms with Crippen LogP contribution in [0.25, 0.3) is 0 Å². The lowest BCUT2D eigenvalue weighted by Crippen LogP contribution is -2.45. The minimum atomic E-state index is 0.0337. The van der Waals surface area contributed by atoms with Gasteiger partial charge >= 0.3 is 0 Å². The number of piperidine rings is 1. The molecule has 7 nitrogen and oxygen atoms in total. The van der Waals surface area contributed by atoms with Crippen molar-refractivity contribution in [2.45, 2.75) is 50.5 Å². The summed E-state index contributed by atoms with van der Waals surface area (Å²) in [6.07, 6.45) is 4.44. The summed E-state index contributed by atoms with van der Waals surface area (Å²) >= 11 is 0. The lowest BCUT2D eigenvalue weighted by atomic mass is 9.97. The van der Waals surface area contributed by atoms with Gasteiger partial charge in [-0.25, -0.2) is 0 Å². The minimum absolute atomic E-state index is 0.0337. The van der Waals surface area contributed by atoms with Crippen LogP contribution in [0.3, 0.4) is 0 Å². The molecule has 1 aromatic heterocycles. The van der Waals surface area contributed by atoms with E-state index in [2.05, 4.69) is 20.4 Å². The Morgan fingerprint density at radius 2 is 2.26 bits per heavy atom. The second-order valence-electron chi connectivity index (χ2n) is 6.76. The molecule has 2 fully saturated rings. The first-order valence-corrected chi connectivity index (χ1v) is 8.50. The molecule has 23 heavy (non-hydrogen) atoms. The van der Waals surface area contributed by atoms with Gasteiger partial charge in [-0.3, -0.25) is 9.69 Å². The Kier molecular flexibility index (Phi) is 5.27. The van der Waals surface area contributed by atoms with E-state index in [4.69, 9.17) is 9.26 Å². The van der Waals surface area contributed by atoms with Crippen LogP contribution >= 0.6 is 0 Å². The largest absolute Gasteiger partial charge is 0.383 e. The van der Waals surface area contributed by atoms with E-state index in [0.29, 0.717) is 19.1 Å². The molecule has 1 aromatic rings. The SMILES string of the molecule is COC[C@H](C)NC(=O)CN1CCC[C@H](c2noc(C3CC3)n2)C1. The molecule has 1 amide bonds. The molecular formula is C16H26N4O3. The molecule has 128 valence electrons. The Bertz CT molecular complexity index is 529. The van der Waals surface area contributed by atoms with Crippen LogP contribution in [0.2, 0.25) is 0 Å². The number of methoxy groups -OCH3 is 1. The third kappa shape index (κ3) is 4.51. The number of aromatic nitrogens is 2. The smallest absolute Gasteiger partial charge is 0.234 e. The number of carbonyl (C=O) groups is 1. The third-order valence-corrected chi connectivity index (χ3v) is 4.45. The number of hydrogen-bond acceptors (Lipinski definition) is 6. The van der Waals surface area contributed by atoms with Crippen molar-refractivity contribution in [1.29, 1.82) is 0 Å².